The summed E-state index contributed by atoms with van der Waals surface area (Å²) in [6.07, 6.45) is 0. The number of ketones is 1. The first kappa shape index (κ1) is 23.4. The Balaban J connectivity index is 0.00000133. The molecule has 0 aliphatic carbocycles. The number of rotatable bonds is 3. The summed E-state index contributed by atoms with van der Waals surface area (Å²) in [5.41, 5.74) is 3.94. The number of hydrogen-bond acceptors (Lipinski definition) is 6. The smallest absolute Gasteiger partial charge is 0.340 e. The molecule has 6 heteroatoms. The third-order valence-electron chi connectivity index (χ3n) is 6.21. The summed E-state index contributed by atoms with van der Waals surface area (Å²) < 4.78 is 12.6. The molecule has 0 radical (unpaired) electrons. The minimum atomic E-state index is -1.14. The monoisotopic (exact) mass is 458 g/mol. The van der Waals surface area contributed by atoms with Crippen LogP contribution in [0.1, 0.15) is 58.2 Å². The average Bonchev–Trinajstić information content (AvgIpc) is 3.12. The Labute approximate surface area is 200 Å². The highest BCUT2D eigenvalue weighted by Gasteiger charge is 2.53. The quantitative estimate of drug-likeness (QED) is 0.375. The first-order valence-electron chi connectivity index (χ1n) is 11.4. The van der Waals surface area contributed by atoms with Crippen LogP contribution in [0.15, 0.2) is 54.6 Å². The molecule has 0 fully saturated rings. The lowest BCUT2D eigenvalue weighted by Gasteiger charge is -2.37. The number of fused-ring (bicyclic) bond motifs is 6. The van der Waals surface area contributed by atoms with Crippen molar-refractivity contribution in [3.8, 4) is 11.5 Å². The van der Waals surface area contributed by atoms with Gasteiger partial charge in [0.1, 0.15) is 11.5 Å². The van der Waals surface area contributed by atoms with Gasteiger partial charge in [0.25, 0.3) is 0 Å². The van der Waals surface area contributed by atoms with Gasteiger partial charge in [-0.2, -0.15) is 0 Å². The number of esters is 1. The van der Waals surface area contributed by atoms with Crippen molar-refractivity contribution in [3.63, 3.8) is 0 Å². The Hall–Kier alpha value is -3.80. The maximum absolute atomic E-state index is 13.1. The Kier molecular flexibility index (Phi) is 5.86. The molecule has 1 spiro atoms. The molecule has 2 aliphatic rings. The number of anilines is 2. The Morgan fingerprint density at radius 2 is 1.26 bits per heavy atom. The highest BCUT2D eigenvalue weighted by Crippen LogP contribution is 2.57. The molecule has 5 rings (SSSR count). The van der Waals surface area contributed by atoms with Crippen LogP contribution in [-0.4, -0.2) is 39.9 Å². The fraction of sp³-hybridized carbons (Fsp3) is 0.286. The van der Waals surface area contributed by atoms with Crippen molar-refractivity contribution in [3.05, 3.63) is 82.4 Å². The maximum Gasteiger partial charge on any atom is 0.340 e. The Morgan fingerprint density at radius 1 is 0.765 bits per heavy atom. The summed E-state index contributed by atoms with van der Waals surface area (Å²) >= 11 is 0. The fourth-order valence-corrected chi connectivity index (χ4v) is 4.48. The number of nitrogens with zero attached hydrogens (tertiary/aromatic N) is 2. The third kappa shape index (κ3) is 3.41. The summed E-state index contributed by atoms with van der Waals surface area (Å²) in [7, 11) is 7.86. The van der Waals surface area contributed by atoms with Crippen molar-refractivity contribution in [1.29, 1.82) is 0 Å². The summed E-state index contributed by atoms with van der Waals surface area (Å²) in [4.78, 5) is 29.0. The highest BCUT2D eigenvalue weighted by molar-refractivity contribution is 6.01. The van der Waals surface area contributed by atoms with Crippen LogP contribution in [0.4, 0.5) is 11.4 Å². The molecular formula is C28H30N2O4. The first-order valence-corrected chi connectivity index (χ1v) is 11.4. The van der Waals surface area contributed by atoms with E-state index >= 15 is 0 Å². The molecule has 0 amide bonds. The second-order valence-electron chi connectivity index (χ2n) is 8.64. The van der Waals surface area contributed by atoms with Crippen LogP contribution >= 0.6 is 0 Å². The molecule has 0 atom stereocenters. The number of carbonyl (C=O) groups is 2. The van der Waals surface area contributed by atoms with Crippen LogP contribution in [0.25, 0.3) is 0 Å². The lowest BCUT2D eigenvalue weighted by atomic mass is 9.77. The minimum absolute atomic E-state index is 0.0967. The van der Waals surface area contributed by atoms with Crippen molar-refractivity contribution >= 4 is 23.1 Å². The van der Waals surface area contributed by atoms with Gasteiger partial charge in [-0.05, 0) is 37.3 Å². The molecule has 0 aromatic heterocycles. The number of Topliss-reactive ketones (excluding diaryl/α,β-unsaturated/α-hetero) is 1. The molecule has 0 saturated carbocycles. The summed E-state index contributed by atoms with van der Waals surface area (Å²) in [5, 5.41) is 0. The SMILES string of the molecule is CC.CC(=O)c1ccc2c(c1)C(=O)OC21c2ccc(N(C)C)cc2Oc2cc(N(C)C)ccc21. The van der Waals surface area contributed by atoms with Gasteiger partial charge in [0.15, 0.2) is 11.4 Å². The van der Waals surface area contributed by atoms with Crippen LogP contribution < -0.4 is 14.5 Å². The topological polar surface area (TPSA) is 59.1 Å². The second kappa shape index (κ2) is 8.52. The third-order valence-corrected chi connectivity index (χ3v) is 6.21. The molecule has 6 nitrogen and oxygen atoms in total. The normalized spacial score (nSPS) is 14.0. The van der Waals surface area contributed by atoms with E-state index in [4.69, 9.17) is 9.47 Å². The van der Waals surface area contributed by atoms with E-state index < -0.39 is 11.6 Å². The zero-order valence-electron chi connectivity index (χ0n) is 20.7. The number of benzene rings is 3. The predicted octanol–water partition coefficient (Wildman–Crippen LogP) is 5.62. The van der Waals surface area contributed by atoms with Gasteiger partial charge in [-0.15, -0.1) is 0 Å². The molecule has 3 aromatic carbocycles. The maximum atomic E-state index is 13.1. The van der Waals surface area contributed by atoms with E-state index in [0.717, 1.165) is 22.5 Å². The molecule has 0 saturated heterocycles. The van der Waals surface area contributed by atoms with Gasteiger partial charge in [-0.1, -0.05) is 26.0 Å². The van der Waals surface area contributed by atoms with Crippen molar-refractivity contribution in [2.75, 3.05) is 38.0 Å². The van der Waals surface area contributed by atoms with Gasteiger partial charge in [0, 0.05) is 74.0 Å². The zero-order chi connectivity index (χ0) is 24.8. The summed E-state index contributed by atoms with van der Waals surface area (Å²) in [6.45, 7) is 5.49. The molecule has 34 heavy (non-hydrogen) atoms. The molecule has 176 valence electrons. The average molecular weight is 459 g/mol. The van der Waals surface area contributed by atoms with Gasteiger partial charge in [-0.25, -0.2) is 4.79 Å². The van der Waals surface area contributed by atoms with Gasteiger partial charge in [0.2, 0.25) is 0 Å². The van der Waals surface area contributed by atoms with E-state index in [0.29, 0.717) is 28.2 Å². The second-order valence-corrected chi connectivity index (χ2v) is 8.64. The van der Waals surface area contributed by atoms with E-state index in [1.165, 1.54) is 6.92 Å². The van der Waals surface area contributed by atoms with Crippen LogP contribution in [0.2, 0.25) is 0 Å². The minimum Gasteiger partial charge on any atom is -0.456 e. The Bertz CT molecular complexity index is 1240. The van der Waals surface area contributed by atoms with Gasteiger partial charge >= 0.3 is 5.97 Å². The van der Waals surface area contributed by atoms with Crippen molar-refractivity contribution in [2.24, 2.45) is 0 Å². The number of carbonyl (C=O) groups excluding carboxylic acids is 2. The van der Waals surface area contributed by atoms with E-state index in [9.17, 15) is 9.59 Å². The van der Waals surface area contributed by atoms with Crippen LogP contribution in [0, 0.1) is 0 Å². The first-order chi connectivity index (χ1) is 16.2. The molecule has 0 N–H and O–H groups in total. The standard InChI is InChI=1S/C26H24N2O4.C2H6/c1-15(29)16-6-9-20-19(12-16)25(30)32-26(20)21-10-7-17(27(2)3)13-23(21)31-24-14-18(28(4)5)8-11-22(24)26;1-2/h6-14H,1-5H3;1-2H3. The van der Waals surface area contributed by atoms with E-state index in [1.54, 1.807) is 12.1 Å². The predicted molar refractivity (Wildman–Crippen MR) is 135 cm³/mol. The molecule has 3 aromatic rings. The van der Waals surface area contributed by atoms with E-state index in [1.807, 2.05) is 94.3 Å². The highest BCUT2D eigenvalue weighted by atomic mass is 16.6. The lowest BCUT2D eigenvalue weighted by Crippen LogP contribution is -2.33. The number of hydrogen-bond donors (Lipinski definition) is 0. The van der Waals surface area contributed by atoms with Crippen molar-refractivity contribution in [2.45, 2.75) is 26.4 Å². The molecule has 2 aliphatic heterocycles. The van der Waals surface area contributed by atoms with Crippen LogP contribution in [0.3, 0.4) is 0 Å². The molecule has 0 unspecified atom stereocenters. The van der Waals surface area contributed by atoms with E-state index in [2.05, 4.69) is 0 Å². The van der Waals surface area contributed by atoms with Crippen LogP contribution in [-0.2, 0) is 10.3 Å². The fourth-order valence-electron chi connectivity index (χ4n) is 4.48. The summed E-state index contributed by atoms with van der Waals surface area (Å²) in [5.74, 6) is 0.725. The molecular weight excluding hydrogens is 428 g/mol. The molecule has 2 heterocycles. The van der Waals surface area contributed by atoms with Crippen molar-refractivity contribution < 1.29 is 19.1 Å². The van der Waals surface area contributed by atoms with Gasteiger partial charge < -0.3 is 19.3 Å². The van der Waals surface area contributed by atoms with Gasteiger partial charge in [-0.3, -0.25) is 4.79 Å². The van der Waals surface area contributed by atoms with Crippen molar-refractivity contribution in [1.82, 2.24) is 0 Å². The number of ether oxygens (including phenoxy) is 2. The Morgan fingerprint density at radius 3 is 1.74 bits per heavy atom. The van der Waals surface area contributed by atoms with Crippen LogP contribution in [0.5, 0.6) is 11.5 Å². The zero-order valence-corrected chi connectivity index (χ0v) is 20.7. The summed E-state index contributed by atoms with van der Waals surface area (Å²) in [6, 6.07) is 17.0. The largest absolute Gasteiger partial charge is 0.456 e. The molecule has 0 bridgehead atoms. The van der Waals surface area contributed by atoms with Gasteiger partial charge in [0.05, 0.1) is 5.56 Å². The lowest BCUT2D eigenvalue weighted by molar-refractivity contribution is 0.0224. The van der Waals surface area contributed by atoms with E-state index in [-0.39, 0.29) is 5.78 Å².